The van der Waals surface area contributed by atoms with Crippen molar-refractivity contribution in [2.24, 2.45) is 5.73 Å². The summed E-state index contributed by atoms with van der Waals surface area (Å²) in [6, 6.07) is 3.14. The Labute approximate surface area is 98.4 Å². The van der Waals surface area contributed by atoms with E-state index in [1.54, 1.807) is 12.1 Å². The molecule has 1 aromatic carbocycles. The molecule has 2 unspecified atom stereocenters. The highest BCUT2D eigenvalue weighted by molar-refractivity contribution is 6.35. The van der Waals surface area contributed by atoms with Crippen molar-refractivity contribution in [3.8, 4) is 0 Å². The van der Waals surface area contributed by atoms with Crippen LogP contribution in [-0.4, -0.2) is 11.1 Å². The summed E-state index contributed by atoms with van der Waals surface area (Å²) in [7, 11) is 0. The van der Waals surface area contributed by atoms with Gasteiger partial charge in [0.15, 0.2) is 0 Å². The number of fused-ring (bicyclic) bond motifs is 1. The van der Waals surface area contributed by atoms with E-state index in [1.807, 2.05) is 0 Å². The number of rotatable bonds is 0. The number of aliphatic hydroxyl groups excluding tert-OH is 1. The molecule has 78 valence electrons. The van der Waals surface area contributed by atoms with E-state index in [0.717, 1.165) is 11.1 Å². The molecule has 3 N–H and O–H groups in total. The van der Waals surface area contributed by atoms with Gasteiger partial charge in [-0.1, -0.05) is 23.2 Å². The van der Waals surface area contributed by atoms with E-state index in [1.165, 1.54) is 0 Å². The third kappa shape index (κ3) is 1.86. The smallest absolute Gasteiger partial charge is 0.0947 e. The zero-order chi connectivity index (χ0) is 9.59. The number of hydrogen-bond donors (Lipinski definition) is 2. The van der Waals surface area contributed by atoms with Crippen molar-refractivity contribution in [1.82, 2.24) is 0 Å². The minimum absolute atomic E-state index is 0. The van der Waals surface area contributed by atoms with Gasteiger partial charge in [-0.2, -0.15) is 0 Å². The predicted octanol–water partition coefficient (Wildman–Crippen LogP) is 2.33. The summed E-state index contributed by atoms with van der Waals surface area (Å²) in [5.74, 6) is 0. The molecule has 0 saturated heterocycles. The fourth-order valence-electron chi connectivity index (χ4n) is 1.68. The molecule has 1 aliphatic carbocycles. The minimum Gasteiger partial charge on any atom is -0.387 e. The number of nitrogens with two attached hydrogens (primary N) is 1. The van der Waals surface area contributed by atoms with Crippen LogP contribution in [0.5, 0.6) is 0 Å². The fourth-order valence-corrected chi connectivity index (χ4v) is 2.27. The van der Waals surface area contributed by atoms with E-state index in [4.69, 9.17) is 28.9 Å². The molecular formula is C9H10Cl3NO. The van der Waals surface area contributed by atoms with Crippen molar-refractivity contribution >= 4 is 35.6 Å². The lowest BCUT2D eigenvalue weighted by Gasteiger charge is -2.08. The summed E-state index contributed by atoms with van der Waals surface area (Å²) >= 11 is 11.8. The van der Waals surface area contributed by atoms with E-state index in [0.29, 0.717) is 16.5 Å². The topological polar surface area (TPSA) is 46.2 Å². The van der Waals surface area contributed by atoms with Crippen LogP contribution < -0.4 is 5.73 Å². The van der Waals surface area contributed by atoms with Crippen LogP contribution in [-0.2, 0) is 6.42 Å². The number of benzene rings is 1. The van der Waals surface area contributed by atoms with Crippen molar-refractivity contribution < 1.29 is 5.11 Å². The normalized spacial score (nSPS) is 24.3. The van der Waals surface area contributed by atoms with Gasteiger partial charge in [-0.15, -0.1) is 12.4 Å². The van der Waals surface area contributed by atoms with Gasteiger partial charge in [0.1, 0.15) is 0 Å². The third-order valence-electron chi connectivity index (χ3n) is 2.36. The summed E-state index contributed by atoms with van der Waals surface area (Å²) in [6.45, 7) is 0. The largest absolute Gasteiger partial charge is 0.387 e. The Bertz CT molecular complexity index is 356. The lowest BCUT2D eigenvalue weighted by Crippen LogP contribution is -2.24. The highest BCUT2D eigenvalue weighted by atomic mass is 35.5. The molecule has 1 aromatic rings. The molecular weight excluding hydrogens is 244 g/mol. The molecule has 2 atom stereocenters. The van der Waals surface area contributed by atoms with E-state index in [-0.39, 0.29) is 18.4 Å². The first-order valence-electron chi connectivity index (χ1n) is 4.01. The Kier molecular flexibility index (Phi) is 3.67. The zero-order valence-corrected chi connectivity index (χ0v) is 9.53. The Morgan fingerprint density at radius 3 is 2.64 bits per heavy atom. The molecule has 14 heavy (non-hydrogen) atoms. The third-order valence-corrected chi connectivity index (χ3v) is 2.91. The number of aliphatic hydroxyl groups is 1. The lowest BCUT2D eigenvalue weighted by atomic mass is 10.1. The maximum Gasteiger partial charge on any atom is 0.0947 e. The molecule has 0 spiro atoms. The van der Waals surface area contributed by atoms with Crippen LogP contribution in [0.3, 0.4) is 0 Å². The Morgan fingerprint density at radius 1 is 1.36 bits per heavy atom. The molecule has 0 aliphatic heterocycles. The zero-order valence-electron chi connectivity index (χ0n) is 7.21. The first kappa shape index (κ1) is 12.1. The molecule has 5 heteroatoms. The van der Waals surface area contributed by atoms with Gasteiger partial charge in [-0.05, 0) is 29.7 Å². The van der Waals surface area contributed by atoms with Crippen LogP contribution in [0.2, 0.25) is 10.0 Å². The van der Waals surface area contributed by atoms with E-state index in [2.05, 4.69) is 0 Å². The summed E-state index contributed by atoms with van der Waals surface area (Å²) < 4.78 is 0. The molecule has 0 aromatic heterocycles. The maximum absolute atomic E-state index is 9.66. The van der Waals surface area contributed by atoms with Gasteiger partial charge in [-0.25, -0.2) is 0 Å². The van der Waals surface area contributed by atoms with Crippen LogP contribution in [0.25, 0.3) is 0 Å². The van der Waals surface area contributed by atoms with Crippen molar-refractivity contribution in [1.29, 1.82) is 0 Å². The Morgan fingerprint density at radius 2 is 2.00 bits per heavy atom. The Balaban J connectivity index is 0.000000980. The van der Waals surface area contributed by atoms with Crippen LogP contribution >= 0.6 is 35.6 Å². The molecule has 2 nitrogen and oxygen atoms in total. The molecule has 2 rings (SSSR count). The molecule has 1 aliphatic rings. The second-order valence-corrected chi connectivity index (χ2v) is 4.11. The van der Waals surface area contributed by atoms with E-state index in [9.17, 15) is 5.11 Å². The van der Waals surface area contributed by atoms with Gasteiger partial charge in [0, 0.05) is 16.1 Å². The standard InChI is InChI=1S/C9H9Cl2NO.ClH/c10-4-1-6-5(7(11)2-4)3-8(12)9(6)13;/h1-2,8-9,13H,3,12H2;1H. The van der Waals surface area contributed by atoms with Crippen molar-refractivity contribution in [3.05, 3.63) is 33.3 Å². The highest BCUT2D eigenvalue weighted by Crippen LogP contribution is 2.37. The minimum atomic E-state index is -0.633. The van der Waals surface area contributed by atoms with Crippen LogP contribution in [0.15, 0.2) is 12.1 Å². The van der Waals surface area contributed by atoms with Crippen LogP contribution in [0.4, 0.5) is 0 Å². The fraction of sp³-hybridized carbons (Fsp3) is 0.333. The van der Waals surface area contributed by atoms with Gasteiger partial charge in [0.05, 0.1) is 6.10 Å². The molecule has 0 radical (unpaired) electrons. The van der Waals surface area contributed by atoms with Crippen molar-refractivity contribution in [3.63, 3.8) is 0 Å². The maximum atomic E-state index is 9.66. The van der Waals surface area contributed by atoms with Gasteiger partial charge in [-0.3, -0.25) is 0 Å². The summed E-state index contributed by atoms with van der Waals surface area (Å²) in [5, 5.41) is 10.8. The van der Waals surface area contributed by atoms with Crippen molar-refractivity contribution in [2.75, 3.05) is 0 Å². The second kappa shape index (κ2) is 4.25. The molecule has 0 fully saturated rings. The first-order chi connectivity index (χ1) is 6.09. The van der Waals surface area contributed by atoms with Crippen molar-refractivity contribution in [2.45, 2.75) is 18.6 Å². The molecule has 0 heterocycles. The highest BCUT2D eigenvalue weighted by Gasteiger charge is 2.29. The van der Waals surface area contributed by atoms with Gasteiger partial charge in [0.25, 0.3) is 0 Å². The lowest BCUT2D eigenvalue weighted by molar-refractivity contribution is 0.159. The molecule has 0 bridgehead atoms. The summed E-state index contributed by atoms with van der Waals surface area (Å²) in [5.41, 5.74) is 7.39. The van der Waals surface area contributed by atoms with Gasteiger partial charge in [0.2, 0.25) is 0 Å². The number of hydrogen-bond acceptors (Lipinski definition) is 2. The number of halogens is 3. The molecule has 0 amide bonds. The van der Waals surface area contributed by atoms with E-state index < -0.39 is 6.10 Å². The van der Waals surface area contributed by atoms with Crippen LogP contribution in [0, 0.1) is 0 Å². The van der Waals surface area contributed by atoms with E-state index >= 15 is 0 Å². The summed E-state index contributed by atoms with van der Waals surface area (Å²) in [4.78, 5) is 0. The average molecular weight is 255 g/mol. The molecule has 0 saturated carbocycles. The second-order valence-electron chi connectivity index (χ2n) is 3.27. The van der Waals surface area contributed by atoms with Gasteiger partial charge >= 0.3 is 0 Å². The summed E-state index contributed by atoms with van der Waals surface area (Å²) in [6.07, 6.45) is -0.0156. The first-order valence-corrected chi connectivity index (χ1v) is 4.76. The monoisotopic (exact) mass is 253 g/mol. The SMILES string of the molecule is Cl.NC1Cc2c(Cl)cc(Cl)cc2C1O. The Hall–Kier alpha value is 0.01000. The van der Waals surface area contributed by atoms with Crippen LogP contribution in [0.1, 0.15) is 17.2 Å². The van der Waals surface area contributed by atoms with Gasteiger partial charge < -0.3 is 10.8 Å². The average Bonchev–Trinajstić information content (AvgIpc) is 2.32. The predicted molar refractivity (Wildman–Crippen MR) is 60.3 cm³/mol. The quantitative estimate of drug-likeness (QED) is 0.746.